The van der Waals surface area contributed by atoms with E-state index in [2.05, 4.69) is 24.0 Å². The lowest BCUT2D eigenvalue weighted by molar-refractivity contribution is 0.139. The minimum atomic E-state index is 0.466. The van der Waals surface area contributed by atoms with Crippen molar-refractivity contribution in [3.8, 4) is 0 Å². The van der Waals surface area contributed by atoms with Crippen LogP contribution in [0.1, 0.15) is 29.5 Å². The van der Waals surface area contributed by atoms with E-state index in [9.17, 15) is 0 Å². The first-order chi connectivity index (χ1) is 9.11. The molecule has 1 aliphatic rings. The first kappa shape index (κ1) is 14.4. The fraction of sp³-hybridized carbons (Fsp3) is 0.533. The topological polar surface area (TPSA) is 38.5 Å². The normalized spacial score (nSPS) is 14.9. The molecular weight excluding hydrogens is 256 g/mol. The summed E-state index contributed by atoms with van der Waals surface area (Å²) in [6.45, 7) is 4.90. The highest BCUT2D eigenvalue weighted by molar-refractivity contribution is 7.80. The van der Waals surface area contributed by atoms with Crippen LogP contribution in [-0.4, -0.2) is 36.2 Å². The summed E-state index contributed by atoms with van der Waals surface area (Å²) in [5.74, 6) is 0. The fourth-order valence-corrected chi connectivity index (χ4v) is 2.41. The highest BCUT2D eigenvalue weighted by atomic mass is 32.1. The van der Waals surface area contributed by atoms with Gasteiger partial charge in [-0.3, -0.25) is 4.90 Å². The highest BCUT2D eigenvalue weighted by Gasteiger charge is 2.28. The number of thiocarbonyl (C=S) groups is 1. The van der Waals surface area contributed by atoms with Gasteiger partial charge in [0.25, 0.3) is 0 Å². The van der Waals surface area contributed by atoms with Gasteiger partial charge in [0, 0.05) is 31.8 Å². The van der Waals surface area contributed by atoms with Crippen LogP contribution in [0.25, 0.3) is 0 Å². The lowest BCUT2D eigenvalue weighted by Crippen LogP contribution is -2.29. The van der Waals surface area contributed by atoms with Crippen molar-refractivity contribution < 1.29 is 4.74 Å². The summed E-state index contributed by atoms with van der Waals surface area (Å²) in [7, 11) is 1.76. The van der Waals surface area contributed by atoms with Crippen LogP contribution in [0.5, 0.6) is 0 Å². The summed E-state index contributed by atoms with van der Waals surface area (Å²) in [6, 6.07) is 6.99. The zero-order chi connectivity index (χ0) is 13.8. The van der Waals surface area contributed by atoms with Crippen molar-refractivity contribution in [1.82, 2.24) is 4.90 Å². The maximum absolute atomic E-state index is 5.66. The van der Waals surface area contributed by atoms with Crippen molar-refractivity contribution in [2.75, 3.05) is 20.3 Å². The second-order valence-corrected chi connectivity index (χ2v) is 5.64. The number of benzene rings is 1. The van der Waals surface area contributed by atoms with Crippen LogP contribution in [-0.2, 0) is 11.3 Å². The molecule has 2 rings (SSSR count). The molecule has 2 N–H and O–H groups in total. The van der Waals surface area contributed by atoms with Crippen LogP contribution in [0.4, 0.5) is 0 Å². The number of hydrogen-bond acceptors (Lipinski definition) is 3. The summed E-state index contributed by atoms with van der Waals surface area (Å²) < 4.78 is 5.19. The Kier molecular flexibility index (Phi) is 4.91. The minimum Gasteiger partial charge on any atom is -0.389 e. The van der Waals surface area contributed by atoms with Gasteiger partial charge in [0.05, 0.1) is 6.61 Å². The van der Waals surface area contributed by atoms with Crippen LogP contribution in [0.15, 0.2) is 18.2 Å². The molecule has 0 unspecified atom stereocenters. The Morgan fingerprint density at radius 3 is 2.74 bits per heavy atom. The molecule has 3 nitrogen and oxygen atoms in total. The van der Waals surface area contributed by atoms with E-state index < -0.39 is 0 Å². The van der Waals surface area contributed by atoms with E-state index in [-0.39, 0.29) is 0 Å². The van der Waals surface area contributed by atoms with E-state index >= 15 is 0 Å². The lowest BCUT2D eigenvalue weighted by Gasteiger charge is -2.22. The average Bonchev–Trinajstić information content (AvgIpc) is 3.20. The molecule has 0 atom stereocenters. The Bertz CT molecular complexity index is 457. The molecule has 19 heavy (non-hydrogen) atoms. The number of rotatable bonds is 7. The van der Waals surface area contributed by atoms with Crippen LogP contribution >= 0.6 is 12.2 Å². The predicted molar refractivity (Wildman–Crippen MR) is 82.4 cm³/mol. The standard InChI is InChI=1S/C15H22N2OS/c1-11-9-12(15(16)19)3-4-13(11)10-17(7-8-18-2)14-5-6-14/h3-4,9,14H,5-8,10H2,1-2H3,(H2,16,19). The number of nitrogens with two attached hydrogens (primary N) is 1. The van der Waals surface area contributed by atoms with Gasteiger partial charge in [0.15, 0.2) is 0 Å². The molecule has 104 valence electrons. The molecule has 0 amide bonds. The summed E-state index contributed by atoms with van der Waals surface area (Å²) >= 11 is 5.01. The van der Waals surface area contributed by atoms with Crippen molar-refractivity contribution in [3.63, 3.8) is 0 Å². The number of aryl methyl sites for hydroxylation is 1. The first-order valence-electron chi connectivity index (χ1n) is 6.74. The summed E-state index contributed by atoms with van der Waals surface area (Å²) in [5, 5.41) is 0. The molecule has 0 aliphatic heterocycles. The number of methoxy groups -OCH3 is 1. The zero-order valence-corrected chi connectivity index (χ0v) is 12.5. The highest BCUT2D eigenvalue weighted by Crippen LogP contribution is 2.28. The van der Waals surface area contributed by atoms with Crippen molar-refractivity contribution in [2.45, 2.75) is 32.4 Å². The fourth-order valence-electron chi connectivity index (χ4n) is 2.28. The molecule has 4 heteroatoms. The minimum absolute atomic E-state index is 0.466. The molecule has 1 fully saturated rings. The monoisotopic (exact) mass is 278 g/mol. The quantitative estimate of drug-likeness (QED) is 0.776. The Hall–Kier alpha value is -0.970. The Morgan fingerprint density at radius 1 is 1.47 bits per heavy atom. The molecule has 0 spiro atoms. The summed E-state index contributed by atoms with van der Waals surface area (Å²) in [5.41, 5.74) is 9.22. The van der Waals surface area contributed by atoms with Gasteiger partial charge in [0.1, 0.15) is 4.99 Å². The third kappa shape index (κ3) is 4.00. The maximum Gasteiger partial charge on any atom is 0.103 e. The molecule has 1 saturated carbocycles. The Morgan fingerprint density at radius 2 is 2.21 bits per heavy atom. The smallest absolute Gasteiger partial charge is 0.103 e. The molecule has 1 aromatic carbocycles. The van der Waals surface area contributed by atoms with Gasteiger partial charge in [-0.15, -0.1) is 0 Å². The Balaban J connectivity index is 2.06. The second-order valence-electron chi connectivity index (χ2n) is 5.20. The van der Waals surface area contributed by atoms with Crippen LogP contribution in [0.2, 0.25) is 0 Å². The van der Waals surface area contributed by atoms with Gasteiger partial charge in [-0.05, 0) is 37.0 Å². The number of nitrogens with zero attached hydrogens (tertiary/aromatic N) is 1. The van der Waals surface area contributed by atoms with Gasteiger partial charge in [-0.2, -0.15) is 0 Å². The average molecular weight is 278 g/mol. The van der Waals surface area contributed by atoms with E-state index in [1.165, 1.54) is 24.0 Å². The predicted octanol–water partition coefficient (Wildman–Crippen LogP) is 2.24. The third-order valence-corrected chi connectivity index (χ3v) is 3.88. The van der Waals surface area contributed by atoms with Crippen LogP contribution in [0, 0.1) is 6.92 Å². The molecular formula is C15H22N2OS. The molecule has 0 aromatic heterocycles. The van der Waals surface area contributed by atoms with Gasteiger partial charge < -0.3 is 10.5 Å². The van der Waals surface area contributed by atoms with E-state index in [0.29, 0.717) is 4.99 Å². The molecule has 1 aliphatic carbocycles. The number of ether oxygens (including phenoxy) is 1. The number of hydrogen-bond donors (Lipinski definition) is 1. The Labute approximate surface area is 120 Å². The van der Waals surface area contributed by atoms with E-state index in [4.69, 9.17) is 22.7 Å². The third-order valence-electron chi connectivity index (χ3n) is 3.65. The van der Waals surface area contributed by atoms with Crippen molar-refractivity contribution in [2.24, 2.45) is 5.73 Å². The SMILES string of the molecule is COCCN(Cc1ccc(C(N)=S)cc1C)C1CC1. The van der Waals surface area contributed by atoms with Crippen molar-refractivity contribution >= 4 is 17.2 Å². The van der Waals surface area contributed by atoms with Gasteiger partial charge in [0.2, 0.25) is 0 Å². The van der Waals surface area contributed by atoms with Crippen LogP contribution in [0.3, 0.4) is 0 Å². The second kappa shape index (κ2) is 6.46. The van der Waals surface area contributed by atoms with E-state index in [1.54, 1.807) is 7.11 Å². The summed E-state index contributed by atoms with van der Waals surface area (Å²) in [4.78, 5) is 2.97. The molecule has 1 aromatic rings. The van der Waals surface area contributed by atoms with Gasteiger partial charge >= 0.3 is 0 Å². The van der Waals surface area contributed by atoms with Gasteiger partial charge in [-0.25, -0.2) is 0 Å². The first-order valence-corrected chi connectivity index (χ1v) is 7.15. The van der Waals surface area contributed by atoms with Crippen LogP contribution < -0.4 is 5.73 Å². The van der Waals surface area contributed by atoms with E-state index in [1.807, 2.05) is 6.07 Å². The maximum atomic E-state index is 5.66. The van der Waals surface area contributed by atoms with Gasteiger partial charge in [-0.1, -0.05) is 24.4 Å². The molecule has 0 saturated heterocycles. The zero-order valence-electron chi connectivity index (χ0n) is 11.7. The van der Waals surface area contributed by atoms with Crippen molar-refractivity contribution in [1.29, 1.82) is 0 Å². The molecule has 0 heterocycles. The molecule has 0 bridgehead atoms. The van der Waals surface area contributed by atoms with E-state index in [0.717, 1.165) is 31.3 Å². The van der Waals surface area contributed by atoms with Crippen molar-refractivity contribution in [3.05, 3.63) is 34.9 Å². The lowest BCUT2D eigenvalue weighted by atomic mass is 10.0. The summed E-state index contributed by atoms with van der Waals surface area (Å²) in [6.07, 6.45) is 2.63. The largest absolute Gasteiger partial charge is 0.389 e. The molecule has 0 radical (unpaired) electrons.